The molecule has 0 spiro atoms. The van der Waals surface area contributed by atoms with Crippen LogP contribution in [0.4, 0.5) is 10.1 Å². The summed E-state index contributed by atoms with van der Waals surface area (Å²) in [7, 11) is -2.27. The molecular weight excluding hydrogens is 469 g/mol. The first-order valence-corrected chi connectivity index (χ1v) is 12.9. The molecule has 1 heterocycles. The van der Waals surface area contributed by atoms with Crippen LogP contribution in [-0.2, 0) is 16.4 Å². The number of piperazine rings is 1. The Morgan fingerprint density at radius 2 is 1.66 bits per heavy atom. The van der Waals surface area contributed by atoms with Crippen molar-refractivity contribution in [3.05, 3.63) is 89.7 Å². The molecule has 0 saturated carbocycles. The fraction of sp³-hybridized carbons (Fsp3) is 0.269. The predicted molar refractivity (Wildman–Crippen MR) is 133 cm³/mol. The lowest BCUT2D eigenvalue weighted by Gasteiger charge is -2.34. The summed E-state index contributed by atoms with van der Waals surface area (Å²) >= 11 is 0. The van der Waals surface area contributed by atoms with E-state index < -0.39 is 15.8 Å². The summed E-state index contributed by atoms with van der Waals surface area (Å²) < 4.78 is 46.2. The van der Waals surface area contributed by atoms with Gasteiger partial charge in [-0.05, 0) is 66.6 Å². The van der Waals surface area contributed by atoms with E-state index in [2.05, 4.69) is 21.8 Å². The molecule has 1 fully saturated rings. The molecular formula is C26H28FN3O4S. The van der Waals surface area contributed by atoms with Crippen molar-refractivity contribution >= 4 is 21.6 Å². The van der Waals surface area contributed by atoms with Crippen LogP contribution in [0.2, 0.25) is 0 Å². The van der Waals surface area contributed by atoms with Crippen molar-refractivity contribution in [1.82, 2.24) is 9.80 Å². The summed E-state index contributed by atoms with van der Waals surface area (Å²) in [6, 6.07) is 19.0. The average Bonchev–Trinajstić information content (AvgIpc) is 2.89. The molecule has 1 amide bonds. The Bertz CT molecular complexity index is 1260. The van der Waals surface area contributed by atoms with Gasteiger partial charge in [0.25, 0.3) is 15.9 Å². The number of hydrogen-bond donors (Lipinski definition) is 1. The van der Waals surface area contributed by atoms with Crippen LogP contribution in [-0.4, -0.2) is 64.0 Å². The van der Waals surface area contributed by atoms with Gasteiger partial charge < -0.3 is 9.64 Å². The number of nitrogens with one attached hydrogen (secondary N) is 1. The quantitative estimate of drug-likeness (QED) is 0.514. The SMILES string of the molecule is COc1ccc(CCN2CCN(C(=O)c3cccc(S(=O)(=O)Nc4ccc(F)cc4)c3)CC2)cc1. The molecule has 0 aromatic heterocycles. The zero-order chi connectivity index (χ0) is 24.8. The first-order chi connectivity index (χ1) is 16.8. The fourth-order valence-electron chi connectivity index (χ4n) is 3.96. The minimum Gasteiger partial charge on any atom is -0.497 e. The Labute approximate surface area is 205 Å². The third-order valence-electron chi connectivity index (χ3n) is 6.02. The van der Waals surface area contributed by atoms with Crippen molar-refractivity contribution in [3.63, 3.8) is 0 Å². The molecule has 1 N–H and O–H groups in total. The van der Waals surface area contributed by atoms with Gasteiger partial charge in [0.1, 0.15) is 11.6 Å². The molecule has 0 aliphatic carbocycles. The standard InChI is InChI=1S/C26H28FN3O4S/c1-34-24-11-5-20(6-12-24)13-14-29-15-17-30(18-16-29)26(31)21-3-2-4-25(19-21)35(32,33)28-23-9-7-22(27)8-10-23/h2-12,19,28H,13-18H2,1H3. The van der Waals surface area contributed by atoms with Crippen molar-refractivity contribution in [2.24, 2.45) is 0 Å². The van der Waals surface area contributed by atoms with Gasteiger partial charge in [0.15, 0.2) is 0 Å². The Morgan fingerprint density at radius 3 is 2.31 bits per heavy atom. The number of halogens is 1. The number of nitrogens with zero attached hydrogens (tertiary/aromatic N) is 2. The highest BCUT2D eigenvalue weighted by molar-refractivity contribution is 7.92. The predicted octanol–water partition coefficient (Wildman–Crippen LogP) is 3.64. The maximum atomic E-state index is 13.1. The third kappa shape index (κ3) is 6.37. The van der Waals surface area contributed by atoms with Crippen molar-refractivity contribution in [2.75, 3.05) is 44.6 Å². The van der Waals surface area contributed by atoms with E-state index in [0.29, 0.717) is 18.7 Å². The maximum absolute atomic E-state index is 13.1. The zero-order valence-corrected chi connectivity index (χ0v) is 20.3. The van der Waals surface area contributed by atoms with Crippen molar-refractivity contribution in [1.29, 1.82) is 0 Å². The Kier molecular flexibility index (Phi) is 7.67. The van der Waals surface area contributed by atoms with Crippen molar-refractivity contribution in [2.45, 2.75) is 11.3 Å². The van der Waals surface area contributed by atoms with Gasteiger partial charge in [0.05, 0.1) is 12.0 Å². The lowest BCUT2D eigenvalue weighted by atomic mass is 10.1. The summed E-state index contributed by atoms with van der Waals surface area (Å²) in [5, 5.41) is 0. The molecule has 0 atom stereocenters. The van der Waals surface area contributed by atoms with Gasteiger partial charge in [-0.3, -0.25) is 14.4 Å². The summed E-state index contributed by atoms with van der Waals surface area (Å²) in [6.45, 7) is 3.56. The number of amides is 1. The topological polar surface area (TPSA) is 79.0 Å². The first-order valence-electron chi connectivity index (χ1n) is 11.4. The average molecular weight is 498 g/mol. The highest BCUT2D eigenvalue weighted by Gasteiger charge is 2.23. The van der Waals surface area contributed by atoms with Gasteiger partial charge in [0.2, 0.25) is 0 Å². The lowest BCUT2D eigenvalue weighted by molar-refractivity contribution is 0.0638. The van der Waals surface area contributed by atoms with Gasteiger partial charge in [-0.1, -0.05) is 18.2 Å². The molecule has 3 aromatic carbocycles. The molecule has 0 unspecified atom stereocenters. The number of carbonyl (C=O) groups excluding carboxylic acids is 1. The van der Waals surface area contributed by atoms with Gasteiger partial charge in [-0.25, -0.2) is 12.8 Å². The highest BCUT2D eigenvalue weighted by atomic mass is 32.2. The van der Waals surface area contributed by atoms with Crippen molar-refractivity contribution < 1.29 is 22.3 Å². The second-order valence-corrected chi connectivity index (χ2v) is 10.1. The Hall–Kier alpha value is -3.43. The van der Waals surface area contributed by atoms with Gasteiger partial charge in [0, 0.05) is 44.0 Å². The number of anilines is 1. The Morgan fingerprint density at radius 1 is 0.971 bits per heavy atom. The summed E-state index contributed by atoms with van der Waals surface area (Å²) in [6.07, 6.45) is 0.916. The summed E-state index contributed by atoms with van der Waals surface area (Å²) in [4.78, 5) is 17.1. The van der Waals surface area contributed by atoms with E-state index in [1.165, 1.54) is 42.0 Å². The van der Waals surface area contributed by atoms with Gasteiger partial charge in [-0.2, -0.15) is 0 Å². The second-order valence-electron chi connectivity index (χ2n) is 8.37. The number of benzene rings is 3. The molecule has 3 aromatic rings. The number of methoxy groups -OCH3 is 1. The molecule has 9 heteroatoms. The van der Waals surface area contributed by atoms with E-state index in [1.54, 1.807) is 24.1 Å². The van der Waals surface area contributed by atoms with Crippen LogP contribution in [0.5, 0.6) is 5.75 Å². The van der Waals surface area contributed by atoms with Crippen LogP contribution in [0.25, 0.3) is 0 Å². The Balaban J connectivity index is 1.33. The number of carbonyl (C=O) groups is 1. The van der Waals surface area contributed by atoms with Crippen LogP contribution in [0.15, 0.2) is 77.7 Å². The third-order valence-corrected chi connectivity index (χ3v) is 7.40. The van der Waals surface area contributed by atoms with Crippen LogP contribution < -0.4 is 9.46 Å². The minimum absolute atomic E-state index is 0.0224. The highest BCUT2D eigenvalue weighted by Crippen LogP contribution is 2.19. The van der Waals surface area contributed by atoms with Crippen molar-refractivity contribution in [3.8, 4) is 5.75 Å². The van der Waals surface area contributed by atoms with E-state index in [0.717, 1.165) is 31.8 Å². The fourth-order valence-corrected chi connectivity index (χ4v) is 5.07. The molecule has 184 valence electrons. The molecule has 1 aliphatic heterocycles. The van der Waals surface area contributed by atoms with Crippen LogP contribution >= 0.6 is 0 Å². The van der Waals surface area contributed by atoms with E-state index in [9.17, 15) is 17.6 Å². The monoisotopic (exact) mass is 497 g/mol. The summed E-state index contributed by atoms with van der Waals surface area (Å²) in [5.41, 5.74) is 1.80. The largest absolute Gasteiger partial charge is 0.497 e. The molecule has 0 bridgehead atoms. The van der Waals surface area contributed by atoms with E-state index in [4.69, 9.17) is 4.74 Å². The molecule has 1 aliphatic rings. The van der Waals surface area contributed by atoms with Crippen LogP contribution in [0.3, 0.4) is 0 Å². The molecule has 35 heavy (non-hydrogen) atoms. The zero-order valence-electron chi connectivity index (χ0n) is 19.5. The second kappa shape index (κ2) is 10.9. The number of sulfonamides is 1. The summed E-state index contributed by atoms with van der Waals surface area (Å²) in [5.74, 6) is 0.184. The van der Waals surface area contributed by atoms with E-state index >= 15 is 0 Å². The number of hydrogen-bond acceptors (Lipinski definition) is 5. The smallest absolute Gasteiger partial charge is 0.261 e. The lowest BCUT2D eigenvalue weighted by Crippen LogP contribution is -2.49. The van der Waals surface area contributed by atoms with E-state index in [-0.39, 0.29) is 16.5 Å². The number of rotatable bonds is 8. The van der Waals surface area contributed by atoms with Gasteiger partial charge >= 0.3 is 0 Å². The molecule has 1 saturated heterocycles. The van der Waals surface area contributed by atoms with E-state index in [1.807, 2.05) is 12.1 Å². The molecule has 0 radical (unpaired) electrons. The first kappa shape index (κ1) is 24.7. The van der Waals surface area contributed by atoms with Gasteiger partial charge in [-0.15, -0.1) is 0 Å². The van der Waals surface area contributed by atoms with Crippen LogP contribution in [0.1, 0.15) is 15.9 Å². The molecule has 7 nitrogen and oxygen atoms in total. The maximum Gasteiger partial charge on any atom is 0.261 e. The van der Waals surface area contributed by atoms with Crippen LogP contribution in [0, 0.1) is 5.82 Å². The normalized spacial score (nSPS) is 14.5. The molecule has 4 rings (SSSR count). The number of ether oxygens (including phenoxy) is 1. The minimum atomic E-state index is -3.92.